The summed E-state index contributed by atoms with van der Waals surface area (Å²) >= 11 is 0. The SMILES string of the molecule is CC1(C)CCCCC1C(O)c1c(F)cc(F)cc1F. The van der Waals surface area contributed by atoms with E-state index in [2.05, 4.69) is 0 Å². The molecule has 0 aromatic heterocycles. The quantitative estimate of drug-likeness (QED) is 0.848. The zero-order valence-electron chi connectivity index (χ0n) is 11.2. The number of hydrogen-bond acceptors (Lipinski definition) is 1. The van der Waals surface area contributed by atoms with Crippen molar-refractivity contribution in [1.29, 1.82) is 0 Å². The van der Waals surface area contributed by atoms with Crippen LogP contribution in [-0.2, 0) is 0 Å². The fourth-order valence-corrected chi connectivity index (χ4v) is 3.14. The predicted molar refractivity (Wildman–Crippen MR) is 67.0 cm³/mol. The third-order valence-electron chi connectivity index (χ3n) is 4.31. The first-order valence-corrected chi connectivity index (χ1v) is 6.65. The molecule has 0 amide bonds. The second-order valence-electron chi connectivity index (χ2n) is 6.07. The highest BCUT2D eigenvalue weighted by molar-refractivity contribution is 5.24. The van der Waals surface area contributed by atoms with Crippen molar-refractivity contribution >= 4 is 0 Å². The average molecular weight is 272 g/mol. The summed E-state index contributed by atoms with van der Waals surface area (Å²) in [5.74, 6) is -3.19. The van der Waals surface area contributed by atoms with Crippen molar-refractivity contribution in [3.63, 3.8) is 0 Å². The van der Waals surface area contributed by atoms with Gasteiger partial charge in [0.2, 0.25) is 0 Å². The number of benzene rings is 1. The lowest BCUT2D eigenvalue weighted by Gasteiger charge is -2.41. The second-order valence-corrected chi connectivity index (χ2v) is 6.07. The van der Waals surface area contributed by atoms with E-state index >= 15 is 0 Å². The highest BCUT2D eigenvalue weighted by Crippen LogP contribution is 2.47. The van der Waals surface area contributed by atoms with E-state index < -0.39 is 29.1 Å². The highest BCUT2D eigenvalue weighted by atomic mass is 19.1. The van der Waals surface area contributed by atoms with Gasteiger partial charge in [0.1, 0.15) is 17.5 Å². The predicted octanol–water partition coefficient (Wildman–Crippen LogP) is 4.35. The third kappa shape index (κ3) is 2.78. The number of aliphatic hydroxyl groups excluding tert-OH is 1. The van der Waals surface area contributed by atoms with Crippen LogP contribution in [-0.4, -0.2) is 5.11 Å². The first kappa shape index (κ1) is 14.4. The van der Waals surface area contributed by atoms with Gasteiger partial charge in [0, 0.05) is 12.1 Å². The van der Waals surface area contributed by atoms with Gasteiger partial charge in [-0.2, -0.15) is 0 Å². The van der Waals surface area contributed by atoms with E-state index in [0.717, 1.165) is 25.7 Å². The molecule has 2 unspecified atom stereocenters. The van der Waals surface area contributed by atoms with Gasteiger partial charge in [0.05, 0.1) is 11.7 Å². The molecule has 0 saturated heterocycles. The first-order valence-electron chi connectivity index (χ1n) is 6.65. The van der Waals surface area contributed by atoms with E-state index in [-0.39, 0.29) is 11.3 Å². The standard InChI is InChI=1S/C15H19F3O/c1-15(2)6-4-3-5-10(15)14(19)13-11(17)7-9(16)8-12(13)18/h7-8,10,14,19H,3-6H2,1-2H3. The smallest absolute Gasteiger partial charge is 0.134 e. The van der Waals surface area contributed by atoms with Crippen LogP contribution in [0.15, 0.2) is 12.1 Å². The molecular formula is C15H19F3O. The lowest BCUT2D eigenvalue weighted by atomic mass is 9.65. The Morgan fingerprint density at radius 1 is 1.16 bits per heavy atom. The zero-order chi connectivity index (χ0) is 14.2. The molecule has 1 fully saturated rings. The van der Waals surface area contributed by atoms with Crippen LogP contribution in [0.4, 0.5) is 13.2 Å². The summed E-state index contributed by atoms with van der Waals surface area (Å²) in [5.41, 5.74) is -0.577. The number of hydrogen-bond donors (Lipinski definition) is 1. The Hall–Kier alpha value is -1.03. The van der Waals surface area contributed by atoms with Gasteiger partial charge in [-0.25, -0.2) is 13.2 Å². The van der Waals surface area contributed by atoms with Crippen molar-refractivity contribution in [3.05, 3.63) is 35.1 Å². The van der Waals surface area contributed by atoms with Crippen LogP contribution in [0.3, 0.4) is 0 Å². The van der Waals surface area contributed by atoms with Crippen molar-refractivity contribution < 1.29 is 18.3 Å². The molecule has 0 radical (unpaired) electrons. The minimum Gasteiger partial charge on any atom is -0.388 e. The number of halogens is 3. The molecule has 0 heterocycles. The van der Waals surface area contributed by atoms with Gasteiger partial charge in [-0.15, -0.1) is 0 Å². The van der Waals surface area contributed by atoms with Crippen molar-refractivity contribution in [1.82, 2.24) is 0 Å². The summed E-state index contributed by atoms with van der Waals surface area (Å²) in [6.45, 7) is 4.00. The third-order valence-corrected chi connectivity index (χ3v) is 4.31. The van der Waals surface area contributed by atoms with Crippen LogP contribution in [0.25, 0.3) is 0 Å². The van der Waals surface area contributed by atoms with E-state index in [1.165, 1.54) is 0 Å². The van der Waals surface area contributed by atoms with Gasteiger partial charge in [-0.05, 0) is 24.2 Å². The first-order chi connectivity index (χ1) is 8.83. The fraction of sp³-hybridized carbons (Fsp3) is 0.600. The Labute approximate surface area is 111 Å². The summed E-state index contributed by atoms with van der Waals surface area (Å²) in [5, 5.41) is 10.3. The van der Waals surface area contributed by atoms with E-state index in [9.17, 15) is 18.3 Å². The van der Waals surface area contributed by atoms with Gasteiger partial charge in [0.15, 0.2) is 0 Å². The average Bonchev–Trinajstić information content (AvgIpc) is 2.26. The van der Waals surface area contributed by atoms with Crippen LogP contribution < -0.4 is 0 Å². The van der Waals surface area contributed by atoms with Gasteiger partial charge < -0.3 is 5.11 Å². The Bertz CT molecular complexity index is 447. The molecule has 1 N–H and O–H groups in total. The molecule has 1 aliphatic rings. The summed E-state index contributed by atoms with van der Waals surface area (Å²) in [6.07, 6.45) is 2.42. The van der Waals surface area contributed by atoms with Crippen LogP contribution in [0.1, 0.15) is 51.2 Å². The lowest BCUT2D eigenvalue weighted by Crippen LogP contribution is -2.33. The normalized spacial score (nSPS) is 24.2. The Kier molecular flexibility index (Phi) is 3.90. The van der Waals surface area contributed by atoms with E-state index in [1.807, 2.05) is 13.8 Å². The van der Waals surface area contributed by atoms with Gasteiger partial charge in [0.25, 0.3) is 0 Å². The minimum absolute atomic E-state index is 0.176. The Morgan fingerprint density at radius 2 is 1.74 bits per heavy atom. The van der Waals surface area contributed by atoms with Crippen molar-refractivity contribution in [2.75, 3.05) is 0 Å². The van der Waals surface area contributed by atoms with Gasteiger partial charge in [-0.1, -0.05) is 26.7 Å². The largest absolute Gasteiger partial charge is 0.388 e. The molecule has 0 bridgehead atoms. The minimum atomic E-state index is -1.23. The summed E-state index contributed by atoms with van der Waals surface area (Å²) in [7, 11) is 0. The molecule has 1 aromatic rings. The van der Waals surface area contributed by atoms with E-state index in [4.69, 9.17) is 0 Å². The molecule has 0 aliphatic heterocycles. The monoisotopic (exact) mass is 272 g/mol. The van der Waals surface area contributed by atoms with Gasteiger partial charge in [-0.3, -0.25) is 0 Å². The molecule has 1 aromatic carbocycles. The van der Waals surface area contributed by atoms with Crippen LogP contribution in [0.2, 0.25) is 0 Å². The van der Waals surface area contributed by atoms with E-state index in [1.54, 1.807) is 0 Å². The van der Waals surface area contributed by atoms with Crippen molar-refractivity contribution in [2.45, 2.75) is 45.6 Å². The maximum Gasteiger partial charge on any atom is 0.134 e. The topological polar surface area (TPSA) is 20.2 Å². The second kappa shape index (κ2) is 5.16. The maximum absolute atomic E-state index is 13.7. The van der Waals surface area contributed by atoms with Crippen molar-refractivity contribution in [3.8, 4) is 0 Å². The Balaban J connectivity index is 2.36. The summed E-state index contributed by atoms with van der Waals surface area (Å²) < 4.78 is 40.4. The van der Waals surface area contributed by atoms with Crippen LogP contribution >= 0.6 is 0 Å². The van der Waals surface area contributed by atoms with E-state index in [0.29, 0.717) is 12.1 Å². The molecule has 19 heavy (non-hydrogen) atoms. The summed E-state index contributed by atoms with van der Waals surface area (Å²) in [6, 6.07) is 1.24. The fourth-order valence-electron chi connectivity index (χ4n) is 3.14. The van der Waals surface area contributed by atoms with Crippen LogP contribution in [0.5, 0.6) is 0 Å². The number of aliphatic hydroxyl groups is 1. The molecule has 1 saturated carbocycles. The zero-order valence-corrected chi connectivity index (χ0v) is 11.2. The van der Waals surface area contributed by atoms with Gasteiger partial charge >= 0.3 is 0 Å². The molecular weight excluding hydrogens is 253 g/mol. The van der Waals surface area contributed by atoms with Crippen LogP contribution in [0, 0.1) is 28.8 Å². The van der Waals surface area contributed by atoms with Crippen molar-refractivity contribution in [2.24, 2.45) is 11.3 Å². The number of rotatable bonds is 2. The molecule has 4 heteroatoms. The maximum atomic E-state index is 13.7. The Morgan fingerprint density at radius 3 is 2.26 bits per heavy atom. The molecule has 0 spiro atoms. The molecule has 1 nitrogen and oxygen atoms in total. The molecule has 2 rings (SSSR count). The summed E-state index contributed by atoms with van der Waals surface area (Å²) in [4.78, 5) is 0. The lowest BCUT2D eigenvalue weighted by molar-refractivity contribution is -0.0000630. The molecule has 1 aliphatic carbocycles. The molecule has 106 valence electrons. The molecule has 2 atom stereocenters. The highest BCUT2D eigenvalue weighted by Gasteiger charge is 2.39.